The van der Waals surface area contributed by atoms with Crippen LogP contribution in [0.3, 0.4) is 0 Å². The topological polar surface area (TPSA) is 211 Å². The Bertz CT molecular complexity index is 1250. The molecule has 12 heteroatoms. The molecule has 1 saturated heterocycles. The number of benzene rings is 2. The van der Waals surface area contributed by atoms with E-state index >= 15 is 0 Å². The molecule has 8 N–H and O–H groups in total. The van der Waals surface area contributed by atoms with Gasteiger partial charge < -0.3 is 54.7 Å². The molecule has 0 aliphatic carbocycles. The van der Waals surface area contributed by atoms with E-state index in [1.165, 1.54) is 0 Å². The molecule has 3 aromatic rings. The summed E-state index contributed by atoms with van der Waals surface area (Å²) in [7, 11) is 0. The van der Waals surface area contributed by atoms with Gasteiger partial charge in [-0.25, -0.2) is 0 Å². The van der Waals surface area contributed by atoms with E-state index in [4.69, 9.17) is 13.9 Å². The fourth-order valence-electron chi connectivity index (χ4n) is 3.52. The van der Waals surface area contributed by atoms with Crippen LogP contribution >= 0.6 is 0 Å². The van der Waals surface area contributed by atoms with Crippen LogP contribution in [0.5, 0.6) is 28.7 Å². The van der Waals surface area contributed by atoms with Crippen LogP contribution in [0.2, 0.25) is 0 Å². The van der Waals surface area contributed by atoms with Crippen LogP contribution in [-0.2, 0) is 4.74 Å². The number of hydrogen-bond acceptors (Lipinski definition) is 12. The molecule has 1 aliphatic heterocycles. The van der Waals surface area contributed by atoms with Gasteiger partial charge in [0.05, 0.1) is 12.2 Å². The smallest absolute Gasteiger partial charge is 0.229 e. The van der Waals surface area contributed by atoms with Gasteiger partial charge in [0.2, 0.25) is 6.29 Å². The number of rotatable bonds is 4. The van der Waals surface area contributed by atoms with Gasteiger partial charge in [-0.2, -0.15) is 0 Å². The predicted octanol–water partition coefficient (Wildman–Crippen LogP) is -0.539. The van der Waals surface area contributed by atoms with Crippen molar-refractivity contribution in [2.75, 3.05) is 6.61 Å². The summed E-state index contributed by atoms with van der Waals surface area (Å²) < 4.78 is 16.4. The van der Waals surface area contributed by atoms with Crippen molar-refractivity contribution in [3.05, 3.63) is 40.6 Å². The molecule has 4 rings (SSSR count). The van der Waals surface area contributed by atoms with Crippen LogP contribution in [0.25, 0.3) is 22.3 Å². The van der Waals surface area contributed by atoms with Crippen molar-refractivity contribution < 1.29 is 54.7 Å². The fourth-order valence-corrected chi connectivity index (χ4v) is 3.52. The lowest BCUT2D eigenvalue weighted by molar-refractivity contribution is -0.277. The molecule has 2 heterocycles. The largest absolute Gasteiger partial charge is 0.508 e. The summed E-state index contributed by atoms with van der Waals surface area (Å²) >= 11 is 0. The Kier molecular flexibility index (Phi) is 5.78. The number of phenols is 4. The third kappa shape index (κ3) is 4.01. The quantitative estimate of drug-likeness (QED) is 0.229. The van der Waals surface area contributed by atoms with Crippen molar-refractivity contribution in [2.45, 2.75) is 30.7 Å². The van der Waals surface area contributed by atoms with E-state index in [9.17, 15) is 45.6 Å². The van der Waals surface area contributed by atoms with Gasteiger partial charge in [-0.05, 0) is 6.07 Å². The van der Waals surface area contributed by atoms with Gasteiger partial charge in [-0.1, -0.05) is 0 Å². The van der Waals surface area contributed by atoms with Gasteiger partial charge in [0.1, 0.15) is 58.4 Å². The zero-order chi connectivity index (χ0) is 24.0. The summed E-state index contributed by atoms with van der Waals surface area (Å²) in [6, 6.07) is 4.92. The van der Waals surface area contributed by atoms with Crippen molar-refractivity contribution in [1.82, 2.24) is 0 Å². The molecule has 12 nitrogen and oxygen atoms in total. The molecule has 0 radical (unpaired) electrons. The first-order chi connectivity index (χ1) is 15.6. The highest BCUT2D eigenvalue weighted by Gasteiger charge is 2.45. The Morgan fingerprint density at radius 1 is 0.848 bits per heavy atom. The summed E-state index contributed by atoms with van der Waals surface area (Å²) in [6.45, 7) is -0.703. The predicted molar refractivity (Wildman–Crippen MR) is 109 cm³/mol. The van der Waals surface area contributed by atoms with Gasteiger partial charge in [0.15, 0.2) is 16.9 Å². The average Bonchev–Trinajstić information content (AvgIpc) is 2.75. The molecule has 0 spiro atoms. The van der Waals surface area contributed by atoms with Crippen molar-refractivity contribution in [2.24, 2.45) is 0 Å². The molecule has 33 heavy (non-hydrogen) atoms. The second-order valence-corrected chi connectivity index (χ2v) is 7.47. The highest BCUT2D eigenvalue weighted by molar-refractivity contribution is 5.86. The first kappa shape index (κ1) is 22.6. The van der Waals surface area contributed by atoms with E-state index in [0.29, 0.717) is 0 Å². The summed E-state index contributed by atoms with van der Waals surface area (Å²) in [6.07, 6.45) is -8.05. The zero-order valence-corrected chi connectivity index (χ0v) is 16.7. The Morgan fingerprint density at radius 2 is 1.55 bits per heavy atom. The Labute approximate surface area is 184 Å². The highest BCUT2D eigenvalue weighted by atomic mass is 16.7. The second-order valence-electron chi connectivity index (χ2n) is 7.47. The minimum atomic E-state index is -1.77. The molecule has 5 unspecified atom stereocenters. The van der Waals surface area contributed by atoms with E-state index in [1.54, 1.807) is 0 Å². The first-order valence-electron chi connectivity index (χ1n) is 9.64. The monoisotopic (exact) mass is 464 g/mol. The minimum absolute atomic E-state index is 0.107. The lowest BCUT2D eigenvalue weighted by Crippen LogP contribution is -2.60. The van der Waals surface area contributed by atoms with E-state index in [-0.39, 0.29) is 33.8 Å². The SMILES string of the molecule is O=c1cc(-c2cc(O)c(O)cc2OC2OC(CO)C(O)C(O)C2O)oc2cc(O)cc(O)c12. The number of aliphatic hydroxyl groups is 4. The molecule has 1 aliphatic rings. The molecule has 176 valence electrons. The number of hydrogen-bond donors (Lipinski definition) is 8. The summed E-state index contributed by atoms with van der Waals surface area (Å²) in [4.78, 5) is 12.6. The molecule has 5 atom stereocenters. The summed E-state index contributed by atoms with van der Waals surface area (Å²) in [5.41, 5.74) is -0.999. The number of aliphatic hydroxyl groups excluding tert-OH is 4. The normalized spacial score (nSPS) is 25.3. The molecule has 0 bridgehead atoms. The van der Waals surface area contributed by atoms with Crippen molar-refractivity contribution in [1.29, 1.82) is 0 Å². The van der Waals surface area contributed by atoms with Crippen LogP contribution in [0.15, 0.2) is 39.5 Å². The number of phenolic OH excluding ortho intramolecular Hbond substituents is 4. The standard InChI is InChI=1S/C21H20O12/c22-6-16-18(28)19(29)20(30)21(33-16)32-14-4-10(25)9(24)3-8(14)13-5-12(27)17-11(26)1-7(23)2-15(17)31-13/h1-5,16,18-26,28-30H,6H2. The second kappa shape index (κ2) is 8.42. The zero-order valence-electron chi connectivity index (χ0n) is 16.7. The van der Waals surface area contributed by atoms with Gasteiger partial charge in [-0.3, -0.25) is 4.79 Å². The number of fused-ring (bicyclic) bond motifs is 1. The third-order valence-corrected chi connectivity index (χ3v) is 5.23. The molecule has 1 aromatic heterocycles. The molecular formula is C21H20O12. The molecule has 2 aromatic carbocycles. The summed E-state index contributed by atoms with van der Waals surface area (Å²) in [5, 5.41) is 78.8. The lowest BCUT2D eigenvalue weighted by atomic mass is 9.99. The van der Waals surface area contributed by atoms with Crippen LogP contribution in [-0.4, -0.2) is 78.2 Å². The Morgan fingerprint density at radius 3 is 2.24 bits per heavy atom. The maximum absolute atomic E-state index is 12.6. The first-order valence-corrected chi connectivity index (χ1v) is 9.64. The van der Waals surface area contributed by atoms with E-state index in [1.807, 2.05) is 0 Å². The summed E-state index contributed by atoms with van der Waals surface area (Å²) in [5.74, 6) is -2.65. The van der Waals surface area contributed by atoms with Gasteiger partial charge in [-0.15, -0.1) is 0 Å². The molecule has 1 fully saturated rings. The van der Waals surface area contributed by atoms with Crippen molar-refractivity contribution in [3.8, 4) is 40.1 Å². The van der Waals surface area contributed by atoms with E-state index in [0.717, 1.165) is 30.3 Å². The lowest BCUT2D eigenvalue weighted by Gasteiger charge is -2.39. The molecular weight excluding hydrogens is 444 g/mol. The van der Waals surface area contributed by atoms with Crippen LogP contribution in [0, 0.1) is 0 Å². The van der Waals surface area contributed by atoms with Crippen LogP contribution in [0.4, 0.5) is 0 Å². The molecule has 0 saturated carbocycles. The highest BCUT2D eigenvalue weighted by Crippen LogP contribution is 2.41. The van der Waals surface area contributed by atoms with Gasteiger partial charge in [0, 0.05) is 24.3 Å². The maximum Gasteiger partial charge on any atom is 0.229 e. The Balaban J connectivity index is 1.81. The van der Waals surface area contributed by atoms with Gasteiger partial charge in [0.25, 0.3) is 0 Å². The van der Waals surface area contributed by atoms with Crippen LogP contribution in [0.1, 0.15) is 0 Å². The van der Waals surface area contributed by atoms with Crippen molar-refractivity contribution in [3.63, 3.8) is 0 Å². The number of ether oxygens (including phenoxy) is 2. The maximum atomic E-state index is 12.6. The van der Waals surface area contributed by atoms with Crippen molar-refractivity contribution >= 4 is 11.0 Å². The average molecular weight is 464 g/mol. The minimum Gasteiger partial charge on any atom is -0.508 e. The third-order valence-electron chi connectivity index (χ3n) is 5.23. The van der Waals surface area contributed by atoms with E-state index in [2.05, 4.69) is 0 Å². The molecule has 0 amide bonds. The van der Waals surface area contributed by atoms with Gasteiger partial charge >= 0.3 is 0 Å². The Hall–Kier alpha value is -3.55. The number of aromatic hydroxyl groups is 4. The van der Waals surface area contributed by atoms with Crippen LogP contribution < -0.4 is 10.2 Å². The van der Waals surface area contributed by atoms with E-state index < -0.39 is 60.0 Å². The fraction of sp³-hybridized carbons (Fsp3) is 0.286.